The summed E-state index contributed by atoms with van der Waals surface area (Å²) < 4.78 is 15.2. The van der Waals surface area contributed by atoms with Crippen molar-refractivity contribution >= 4 is 5.97 Å². The lowest BCUT2D eigenvalue weighted by Crippen LogP contribution is -2.35. The van der Waals surface area contributed by atoms with Crippen LogP contribution in [-0.2, 0) is 16.0 Å². The van der Waals surface area contributed by atoms with Crippen LogP contribution in [0.4, 0.5) is 0 Å². The Morgan fingerprint density at radius 1 is 1.42 bits per heavy atom. The zero-order chi connectivity index (χ0) is 13.7. The monoisotopic (exact) mass is 266 g/mol. The van der Waals surface area contributed by atoms with Gasteiger partial charge in [0, 0.05) is 31.4 Å². The van der Waals surface area contributed by atoms with Gasteiger partial charge in [0.25, 0.3) is 0 Å². The molecule has 0 bridgehead atoms. The number of rotatable bonds is 4. The van der Waals surface area contributed by atoms with Gasteiger partial charge in [-0.05, 0) is 6.07 Å². The second-order valence-corrected chi connectivity index (χ2v) is 4.27. The van der Waals surface area contributed by atoms with E-state index in [0.717, 1.165) is 31.9 Å². The molecule has 1 saturated heterocycles. The summed E-state index contributed by atoms with van der Waals surface area (Å²) in [5.74, 6) is 0.150. The lowest BCUT2D eigenvalue weighted by atomic mass is 10.2. The number of methoxy groups -OCH3 is 2. The maximum atomic E-state index is 11.5. The number of carbonyl (C=O) groups excluding carboxylic acids is 1. The van der Waals surface area contributed by atoms with E-state index >= 15 is 0 Å². The second-order valence-electron chi connectivity index (χ2n) is 4.27. The molecule has 2 heterocycles. The Morgan fingerprint density at radius 3 is 2.79 bits per heavy atom. The van der Waals surface area contributed by atoms with Gasteiger partial charge in [0.05, 0.1) is 33.0 Å². The Bertz CT molecular complexity index is 444. The highest BCUT2D eigenvalue weighted by Crippen LogP contribution is 2.19. The number of morpholine rings is 1. The third kappa shape index (κ3) is 3.42. The number of hydrogen-bond acceptors (Lipinski definition) is 6. The average Bonchev–Trinajstić information content (AvgIpc) is 2.47. The fraction of sp³-hybridized carbons (Fsp3) is 0.538. The standard InChI is InChI=1S/C13H18N2O4/c1-17-12-11(9-15-3-5-19-6-4-15)7-10(8-14-12)13(16)18-2/h7-8H,3-6,9H2,1-2H3. The fourth-order valence-electron chi connectivity index (χ4n) is 2.02. The van der Waals surface area contributed by atoms with Crippen LogP contribution in [0.1, 0.15) is 15.9 Å². The first-order chi connectivity index (χ1) is 9.24. The molecule has 6 heteroatoms. The van der Waals surface area contributed by atoms with Crippen molar-refractivity contribution < 1.29 is 19.0 Å². The number of carbonyl (C=O) groups is 1. The zero-order valence-corrected chi connectivity index (χ0v) is 11.2. The van der Waals surface area contributed by atoms with Crippen LogP contribution in [-0.4, -0.2) is 56.4 Å². The summed E-state index contributed by atoms with van der Waals surface area (Å²) in [4.78, 5) is 17.9. The van der Waals surface area contributed by atoms with Gasteiger partial charge in [-0.2, -0.15) is 0 Å². The summed E-state index contributed by atoms with van der Waals surface area (Å²) in [7, 11) is 2.93. The van der Waals surface area contributed by atoms with E-state index in [-0.39, 0.29) is 0 Å². The van der Waals surface area contributed by atoms with Crippen LogP contribution >= 0.6 is 0 Å². The molecule has 0 amide bonds. The fourth-order valence-corrected chi connectivity index (χ4v) is 2.02. The largest absolute Gasteiger partial charge is 0.481 e. The van der Waals surface area contributed by atoms with Gasteiger partial charge < -0.3 is 14.2 Å². The predicted molar refractivity (Wildman–Crippen MR) is 68.2 cm³/mol. The molecular weight excluding hydrogens is 248 g/mol. The molecule has 0 aromatic carbocycles. The maximum absolute atomic E-state index is 11.5. The van der Waals surface area contributed by atoms with Gasteiger partial charge in [-0.25, -0.2) is 9.78 Å². The van der Waals surface area contributed by atoms with Crippen LogP contribution < -0.4 is 4.74 Å². The lowest BCUT2D eigenvalue weighted by Gasteiger charge is -2.27. The minimum atomic E-state index is -0.390. The Balaban J connectivity index is 2.17. The van der Waals surface area contributed by atoms with Gasteiger partial charge in [-0.3, -0.25) is 4.90 Å². The molecule has 6 nitrogen and oxygen atoms in total. The summed E-state index contributed by atoms with van der Waals surface area (Å²) in [5.41, 5.74) is 1.32. The Kier molecular flexibility index (Phi) is 4.70. The quantitative estimate of drug-likeness (QED) is 0.748. The number of nitrogens with zero attached hydrogens (tertiary/aromatic N) is 2. The van der Waals surface area contributed by atoms with Crippen LogP contribution in [0.2, 0.25) is 0 Å². The summed E-state index contributed by atoms with van der Waals surface area (Å²) in [6.45, 7) is 3.88. The van der Waals surface area contributed by atoms with E-state index in [1.54, 1.807) is 13.2 Å². The predicted octanol–water partition coefficient (Wildman–Crippen LogP) is 0.709. The first-order valence-corrected chi connectivity index (χ1v) is 6.16. The summed E-state index contributed by atoms with van der Waals surface area (Å²) in [6, 6.07) is 1.77. The molecule has 0 saturated carbocycles. The van der Waals surface area contributed by atoms with Gasteiger partial charge in [-0.15, -0.1) is 0 Å². The molecule has 1 aromatic heterocycles. The highest BCUT2D eigenvalue weighted by atomic mass is 16.5. The molecule has 0 atom stereocenters. The summed E-state index contributed by atoms with van der Waals surface area (Å²) >= 11 is 0. The van der Waals surface area contributed by atoms with Gasteiger partial charge >= 0.3 is 5.97 Å². The first kappa shape index (κ1) is 13.8. The van der Waals surface area contributed by atoms with Gasteiger partial charge in [-0.1, -0.05) is 0 Å². The lowest BCUT2D eigenvalue weighted by molar-refractivity contribution is 0.0337. The third-order valence-electron chi connectivity index (χ3n) is 3.04. The summed E-state index contributed by atoms with van der Waals surface area (Å²) in [6.07, 6.45) is 1.47. The first-order valence-electron chi connectivity index (χ1n) is 6.16. The van der Waals surface area contributed by atoms with E-state index in [4.69, 9.17) is 14.2 Å². The highest BCUT2D eigenvalue weighted by Gasteiger charge is 2.16. The molecule has 104 valence electrons. The van der Waals surface area contributed by atoms with Crippen molar-refractivity contribution in [3.8, 4) is 5.88 Å². The molecule has 19 heavy (non-hydrogen) atoms. The van der Waals surface area contributed by atoms with Crippen molar-refractivity contribution in [2.24, 2.45) is 0 Å². The van der Waals surface area contributed by atoms with Crippen LogP contribution in [0.5, 0.6) is 5.88 Å². The molecular formula is C13H18N2O4. The zero-order valence-electron chi connectivity index (χ0n) is 11.2. The van der Waals surface area contributed by atoms with Crippen LogP contribution in [0.25, 0.3) is 0 Å². The van der Waals surface area contributed by atoms with Crippen LogP contribution in [0.15, 0.2) is 12.3 Å². The van der Waals surface area contributed by atoms with E-state index in [2.05, 4.69) is 9.88 Å². The van der Waals surface area contributed by atoms with E-state index in [9.17, 15) is 4.79 Å². The van der Waals surface area contributed by atoms with E-state index in [1.807, 2.05) is 0 Å². The van der Waals surface area contributed by atoms with Crippen molar-refractivity contribution in [2.45, 2.75) is 6.54 Å². The molecule has 0 radical (unpaired) electrons. The third-order valence-corrected chi connectivity index (χ3v) is 3.04. The Morgan fingerprint density at radius 2 is 2.16 bits per heavy atom. The molecule has 1 aliphatic heterocycles. The van der Waals surface area contributed by atoms with E-state index < -0.39 is 5.97 Å². The van der Waals surface area contributed by atoms with Crippen molar-refractivity contribution in [1.82, 2.24) is 9.88 Å². The van der Waals surface area contributed by atoms with Crippen LogP contribution in [0.3, 0.4) is 0 Å². The molecule has 0 N–H and O–H groups in total. The average molecular weight is 266 g/mol. The molecule has 1 aromatic rings. The number of esters is 1. The maximum Gasteiger partial charge on any atom is 0.339 e. The number of aromatic nitrogens is 1. The van der Waals surface area contributed by atoms with E-state index in [0.29, 0.717) is 18.0 Å². The smallest absolute Gasteiger partial charge is 0.339 e. The Hall–Kier alpha value is -1.66. The minimum Gasteiger partial charge on any atom is -0.481 e. The summed E-state index contributed by atoms with van der Waals surface area (Å²) in [5, 5.41) is 0. The SMILES string of the molecule is COC(=O)c1cnc(OC)c(CN2CCOCC2)c1. The van der Waals surface area contributed by atoms with Gasteiger partial charge in [0.15, 0.2) is 0 Å². The van der Waals surface area contributed by atoms with Crippen molar-refractivity contribution in [3.63, 3.8) is 0 Å². The van der Waals surface area contributed by atoms with Crippen molar-refractivity contribution in [2.75, 3.05) is 40.5 Å². The van der Waals surface area contributed by atoms with Crippen LogP contribution in [0, 0.1) is 0 Å². The van der Waals surface area contributed by atoms with Gasteiger partial charge in [0.2, 0.25) is 5.88 Å². The molecule has 0 unspecified atom stereocenters. The second kappa shape index (κ2) is 6.49. The molecule has 0 aliphatic carbocycles. The molecule has 1 fully saturated rings. The molecule has 1 aliphatic rings. The Labute approximate surface area is 112 Å². The highest BCUT2D eigenvalue weighted by molar-refractivity contribution is 5.89. The normalized spacial score (nSPS) is 16.1. The molecule has 2 rings (SSSR count). The number of hydrogen-bond donors (Lipinski definition) is 0. The van der Waals surface area contributed by atoms with Crippen molar-refractivity contribution in [3.05, 3.63) is 23.4 Å². The minimum absolute atomic E-state index is 0.390. The van der Waals surface area contributed by atoms with Gasteiger partial charge in [0.1, 0.15) is 0 Å². The van der Waals surface area contributed by atoms with Crippen molar-refractivity contribution in [1.29, 1.82) is 0 Å². The van der Waals surface area contributed by atoms with E-state index in [1.165, 1.54) is 13.3 Å². The number of pyridine rings is 1. The topological polar surface area (TPSA) is 60.9 Å². The molecule has 0 spiro atoms. The number of ether oxygens (including phenoxy) is 3.